The number of rotatable bonds is 7. The number of thiocarbonyl (C=S) groups is 1. The summed E-state index contributed by atoms with van der Waals surface area (Å²) in [5.41, 5.74) is 2.33. The van der Waals surface area contributed by atoms with E-state index in [-0.39, 0.29) is 0 Å². The van der Waals surface area contributed by atoms with Crippen molar-refractivity contribution in [2.75, 3.05) is 27.8 Å². The van der Waals surface area contributed by atoms with Crippen LogP contribution in [0.5, 0.6) is 11.5 Å². The number of nitrogens with one attached hydrogen (secondary N) is 1. The molecule has 24 heavy (non-hydrogen) atoms. The first-order valence-electron chi connectivity index (χ1n) is 7.88. The van der Waals surface area contributed by atoms with Gasteiger partial charge in [-0.1, -0.05) is 42.5 Å². The molecular weight excluding hydrogens is 320 g/mol. The van der Waals surface area contributed by atoms with Crippen LogP contribution in [-0.2, 0) is 13.0 Å². The first-order chi connectivity index (χ1) is 11.7. The number of nitrogens with zero attached hydrogens (tertiary/aromatic N) is 1. The highest BCUT2D eigenvalue weighted by Gasteiger charge is 2.12. The van der Waals surface area contributed by atoms with Crippen LogP contribution in [0.3, 0.4) is 0 Å². The molecular formula is C19H24N2O2S. The number of para-hydroxylation sites is 1. The van der Waals surface area contributed by atoms with Crippen molar-refractivity contribution >= 4 is 17.3 Å². The van der Waals surface area contributed by atoms with Crippen molar-refractivity contribution in [3.63, 3.8) is 0 Å². The minimum absolute atomic E-state index is 0.650. The quantitative estimate of drug-likeness (QED) is 0.780. The molecule has 2 aromatic carbocycles. The summed E-state index contributed by atoms with van der Waals surface area (Å²) in [5, 5.41) is 4.02. The topological polar surface area (TPSA) is 33.7 Å². The Morgan fingerprint density at radius 1 is 1.04 bits per heavy atom. The van der Waals surface area contributed by atoms with Gasteiger partial charge in [0.25, 0.3) is 0 Å². The lowest BCUT2D eigenvalue weighted by molar-refractivity contribution is 0.346. The fraction of sp³-hybridized carbons (Fsp3) is 0.316. The summed E-state index contributed by atoms with van der Waals surface area (Å²) in [4.78, 5) is 2.00. The maximum Gasteiger partial charge on any atom is 0.168 e. The van der Waals surface area contributed by atoms with Crippen molar-refractivity contribution < 1.29 is 9.47 Å². The van der Waals surface area contributed by atoms with Gasteiger partial charge in [0.05, 0.1) is 14.2 Å². The average molecular weight is 344 g/mol. The minimum Gasteiger partial charge on any atom is -0.493 e. The summed E-state index contributed by atoms with van der Waals surface area (Å²) >= 11 is 5.47. The van der Waals surface area contributed by atoms with Gasteiger partial charge in [0.2, 0.25) is 0 Å². The van der Waals surface area contributed by atoms with Crippen molar-refractivity contribution in [1.29, 1.82) is 0 Å². The maximum absolute atomic E-state index is 5.47. The molecule has 0 aliphatic carbocycles. The van der Waals surface area contributed by atoms with Crippen molar-refractivity contribution in [1.82, 2.24) is 10.2 Å². The Kier molecular flexibility index (Phi) is 6.88. The third kappa shape index (κ3) is 4.86. The Bertz CT molecular complexity index is 662. The van der Waals surface area contributed by atoms with Gasteiger partial charge in [0.1, 0.15) is 0 Å². The molecule has 0 spiro atoms. The van der Waals surface area contributed by atoms with Gasteiger partial charge in [-0.25, -0.2) is 0 Å². The molecule has 0 atom stereocenters. The summed E-state index contributed by atoms with van der Waals surface area (Å²) < 4.78 is 10.8. The number of hydrogen-bond donors (Lipinski definition) is 1. The average Bonchev–Trinajstić information content (AvgIpc) is 2.62. The zero-order valence-corrected chi connectivity index (χ0v) is 15.2. The van der Waals surface area contributed by atoms with Gasteiger partial charge in [0.15, 0.2) is 16.6 Å². The number of hydrogen-bond acceptors (Lipinski definition) is 3. The van der Waals surface area contributed by atoms with Crippen LogP contribution in [0.15, 0.2) is 48.5 Å². The molecule has 2 aromatic rings. The van der Waals surface area contributed by atoms with Gasteiger partial charge in [-0.15, -0.1) is 0 Å². The molecule has 0 fully saturated rings. The highest BCUT2D eigenvalue weighted by Crippen LogP contribution is 2.31. The Morgan fingerprint density at radius 2 is 1.79 bits per heavy atom. The van der Waals surface area contributed by atoms with E-state index in [0.717, 1.165) is 35.1 Å². The standard InChI is InChI=1S/C19H24N2O2S/c1-21(14-16-10-7-11-17(22-2)18(16)23-3)19(24)20-13-12-15-8-5-4-6-9-15/h4-11H,12-14H2,1-3H3,(H,20,24). The van der Waals surface area contributed by atoms with Crippen molar-refractivity contribution in [2.45, 2.75) is 13.0 Å². The summed E-state index contributed by atoms with van der Waals surface area (Å²) in [7, 11) is 5.26. The van der Waals surface area contributed by atoms with E-state index < -0.39 is 0 Å². The second-order valence-electron chi connectivity index (χ2n) is 5.48. The van der Waals surface area contributed by atoms with E-state index in [0.29, 0.717) is 6.54 Å². The monoisotopic (exact) mass is 344 g/mol. The lowest BCUT2D eigenvalue weighted by Crippen LogP contribution is -2.37. The zero-order chi connectivity index (χ0) is 17.4. The SMILES string of the molecule is COc1cccc(CN(C)C(=S)NCCc2ccccc2)c1OC. The predicted molar refractivity (Wildman–Crippen MR) is 102 cm³/mol. The Hall–Kier alpha value is -2.27. The Morgan fingerprint density at radius 3 is 2.46 bits per heavy atom. The normalized spacial score (nSPS) is 10.1. The second kappa shape index (κ2) is 9.13. The molecule has 1 N–H and O–H groups in total. The predicted octanol–water partition coefficient (Wildman–Crippen LogP) is 3.25. The largest absolute Gasteiger partial charge is 0.493 e. The van der Waals surface area contributed by atoms with E-state index in [4.69, 9.17) is 21.7 Å². The van der Waals surface area contributed by atoms with Crippen LogP contribution in [0.1, 0.15) is 11.1 Å². The molecule has 2 rings (SSSR count). The van der Waals surface area contributed by atoms with E-state index in [1.807, 2.05) is 36.2 Å². The highest BCUT2D eigenvalue weighted by molar-refractivity contribution is 7.80. The van der Waals surface area contributed by atoms with Crippen LogP contribution in [-0.4, -0.2) is 37.8 Å². The molecule has 0 aromatic heterocycles. The number of benzene rings is 2. The van der Waals surface area contributed by atoms with E-state index in [9.17, 15) is 0 Å². The number of ether oxygens (including phenoxy) is 2. The molecule has 0 aliphatic heterocycles. The van der Waals surface area contributed by atoms with Gasteiger partial charge in [0, 0.05) is 25.7 Å². The molecule has 0 radical (unpaired) electrons. The first-order valence-corrected chi connectivity index (χ1v) is 8.29. The Balaban J connectivity index is 1.90. The summed E-state index contributed by atoms with van der Waals surface area (Å²) in [5.74, 6) is 1.48. The summed E-state index contributed by atoms with van der Waals surface area (Å²) in [6, 6.07) is 16.2. The lowest BCUT2D eigenvalue weighted by atomic mass is 10.1. The van der Waals surface area contributed by atoms with E-state index in [1.54, 1.807) is 14.2 Å². The Labute approximate surface area is 149 Å². The van der Waals surface area contributed by atoms with Gasteiger partial charge in [-0.3, -0.25) is 0 Å². The van der Waals surface area contributed by atoms with Crippen LogP contribution in [0, 0.1) is 0 Å². The number of methoxy groups -OCH3 is 2. The van der Waals surface area contributed by atoms with Crippen LogP contribution in [0.4, 0.5) is 0 Å². The first kappa shape index (κ1) is 18.1. The van der Waals surface area contributed by atoms with Crippen LogP contribution < -0.4 is 14.8 Å². The summed E-state index contributed by atoms with van der Waals surface area (Å²) in [6.45, 7) is 1.46. The van der Waals surface area contributed by atoms with Crippen LogP contribution in [0.25, 0.3) is 0 Å². The molecule has 0 amide bonds. The molecule has 0 heterocycles. The smallest absolute Gasteiger partial charge is 0.168 e. The van der Waals surface area contributed by atoms with E-state index >= 15 is 0 Å². The molecule has 5 heteroatoms. The highest BCUT2D eigenvalue weighted by atomic mass is 32.1. The van der Waals surface area contributed by atoms with Gasteiger partial charge in [-0.2, -0.15) is 0 Å². The molecule has 0 unspecified atom stereocenters. The molecule has 0 bridgehead atoms. The van der Waals surface area contributed by atoms with Crippen molar-refractivity contribution in [3.8, 4) is 11.5 Å². The lowest BCUT2D eigenvalue weighted by Gasteiger charge is -2.22. The fourth-order valence-corrected chi connectivity index (χ4v) is 2.67. The minimum atomic E-state index is 0.650. The molecule has 0 saturated carbocycles. The molecule has 4 nitrogen and oxygen atoms in total. The van der Waals surface area contributed by atoms with Gasteiger partial charge >= 0.3 is 0 Å². The van der Waals surface area contributed by atoms with Gasteiger partial charge < -0.3 is 19.7 Å². The molecule has 0 saturated heterocycles. The third-order valence-electron chi connectivity index (χ3n) is 3.77. The fourth-order valence-electron chi connectivity index (χ4n) is 2.50. The van der Waals surface area contributed by atoms with E-state index in [1.165, 1.54) is 5.56 Å². The second-order valence-corrected chi connectivity index (χ2v) is 5.86. The van der Waals surface area contributed by atoms with Crippen molar-refractivity contribution in [2.24, 2.45) is 0 Å². The maximum atomic E-state index is 5.47. The summed E-state index contributed by atoms with van der Waals surface area (Å²) in [6.07, 6.45) is 0.942. The van der Waals surface area contributed by atoms with Crippen LogP contribution >= 0.6 is 12.2 Å². The third-order valence-corrected chi connectivity index (χ3v) is 4.23. The van der Waals surface area contributed by atoms with Crippen LogP contribution in [0.2, 0.25) is 0 Å². The molecule has 128 valence electrons. The molecule has 0 aliphatic rings. The zero-order valence-electron chi connectivity index (χ0n) is 14.4. The van der Waals surface area contributed by atoms with E-state index in [2.05, 4.69) is 29.6 Å². The van der Waals surface area contributed by atoms with Gasteiger partial charge in [-0.05, 0) is 30.3 Å². The van der Waals surface area contributed by atoms with Crippen molar-refractivity contribution in [3.05, 3.63) is 59.7 Å².